The summed E-state index contributed by atoms with van der Waals surface area (Å²) in [4.78, 5) is 24.4. The number of methoxy groups -OCH3 is 1. The second kappa shape index (κ2) is 7.64. The molecule has 0 aromatic heterocycles. The fourth-order valence-corrected chi connectivity index (χ4v) is 2.36. The summed E-state index contributed by atoms with van der Waals surface area (Å²) in [7, 11) is 1.52. The molecular formula is C19H21NO4. The van der Waals surface area contributed by atoms with Gasteiger partial charge in [0.2, 0.25) is 0 Å². The Morgan fingerprint density at radius 3 is 2.29 bits per heavy atom. The molecule has 0 aliphatic heterocycles. The van der Waals surface area contributed by atoms with Crippen LogP contribution in [0.5, 0.6) is 5.75 Å². The van der Waals surface area contributed by atoms with Crippen molar-refractivity contribution in [3.8, 4) is 5.75 Å². The molecule has 0 radical (unpaired) electrons. The molecule has 5 nitrogen and oxygen atoms in total. The molecule has 2 rings (SSSR count). The van der Waals surface area contributed by atoms with E-state index >= 15 is 0 Å². The molecule has 0 saturated carbocycles. The van der Waals surface area contributed by atoms with Gasteiger partial charge in [-0.15, -0.1) is 0 Å². The number of benzene rings is 2. The van der Waals surface area contributed by atoms with Crippen LogP contribution in [0.2, 0.25) is 0 Å². The van der Waals surface area contributed by atoms with Crippen LogP contribution in [0.4, 0.5) is 5.69 Å². The molecule has 0 fully saturated rings. The molecule has 1 N–H and O–H groups in total. The lowest BCUT2D eigenvalue weighted by Gasteiger charge is -2.15. The second-order valence-corrected chi connectivity index (χ2v) is 5.61. The van der Waals surface area contributed by atoms with Gasteiger partial charge in [0, 0.05) is 0 Å². The Balaban J connectivity index is 2.04. The Morgan fingerprint density at radius 2 is 1.67 bits per heavy atom. The topological polar surface area (TPSA) is 64.6 Å². The van der Waals surface area contributed by atoms with Crippen molar-refractivity contribution in [1.82, 2.24) is 0 Å². The van der Waals surface area contributed by atoms with Crippen LogP contribution in [0.3, 0.4) is 0 Å². The lowest BCUT2D eigenvalue weighted by Crippen LogP contribution is -2.30. The number of amides is 1. The number of ether oxygens (including phenoxy) is 2. The molecule has 0 heterocycles. The quantitative estimate of drug-likeness (QED) is 0.854. The molecule has 5 heteroatoms. The summed E-state index contributed by atoms with van der Waals surface area (Å²) in [6.07, 6.45) is -0.928. The fraction of sp³-hybridized carbons (Fsp3) is 0.263. The predicted molar refractivity (Wildman–Crippen MR) is 92.4 cm³/mol. The smallest absolute Gasteiger partial charge is 0.338 e. The zero-order valence-corrected chi connectivity index (χ0v) is 14.3. The van der Waals surface area contributed by atoms with Gasteiger partial charge < -0.3 is 14.8 Å². The number of hydrogen-bond donors (Lipinski definition) is 1. The SMILES string of the molecule is COc1ccccc1NC(=O)[C@H](C)OC(=O)c1cc(C)cc(C)c1. The third kappa shape index (κ3) is 4.35. The van der Waals surface area contributed by atoms with E-state index in [4.69, 9.17) is 9.47 Å². The van der Waals surface area contributed by atoms with Crippen LogP contribution in [0, 0.1) is 13.8 Å². The zero-order valence-electron chi connectivity index (χ0n) is 14.3. The van der Waals surface area contributed by atoms with Crippen LogP contribution in [0.15, 0.2) is 42.5 Å². The van der Waals surface area contributed by atoms with Crippen molar-refractivity contribution in [1.29, 1.82) is 0 Å². The Bertz CT molecular complexity index is 735. The first kappa shape index (κ1) is 17.5. The highest BCUT2D eigenvalue weighted by molar-refractivity contribution is 5.98. The molecule has 0 aliphatic rings. The van der Waals surface area contributed by atoms with E-state index in [0.717, 1.165) is 11.1 Å². The van der Waals surface area contributed by atoms with Crippen LogP contribution >= 0.6 is 0 Å². The van der Waals surface area contributed by atoms with E-state index in [0.29, 0.717) is 17.0 Å². The standard InChI is InChI=1S/C19H21NO4/c1-12-9-13(2)11-15(10-12)19(22)24-14(3)18(21)20-16-7-5-6-8-17(16)23-4/h5-11,14H,1-4H3,(H,20,21)/t14-/m0/s1. The minimum atomic E-state index is -0.928. The average molecular weight is 327 g/mol. The number of hydrogen-bond acceptors (Lipinski definition) is 4. The van der Waals surface area contributed by atoms with E-state index in [1.807, 2.05) is 19.9 Å². The number of carbonyl (C=O) groups excluding carboxylic acids is 2. The summed E-state index contributed by atoms with van der Waals surface area (Å²) in [5.74, 6) is -0.402. The lowest BCUT2D eigenvalue weighted by molar-refractivity contribution is -0.123. The normalized spacial score (nSPS) is 11.5. The molecule has 2 aromatic carbocycles. The van der Waals surface area contributed by atoms with Crippen molar-refractivity contribution < 1.29 is 19.1 Å². The number of carbonyl (C=O) groups is 2. The Hall–Kier alpha value is -2.82. The maximum atomic E-state index is 12.2. The number of rotatable bonds is 5. The minimum absolute atomic E-state index is 0.419. The summed E-state index contributed by atoms with van der Waals surface area (Å²) in [5.41, 5.74) is 2.89. The molecule has 0 bridgehead atoms. The van der Waals surface area contributed by atoms with Crippen molar-refractivity contribution in [2.75, 3.05) is 12.4 Å². The van der Waals surface area contributed by atoms with Crippen molar-refractivity contribution in [3.63, 3.8) is 0 Å². The maximum absolute atomic E-state index is 12.2. The monoisotopic (exact) mass is 327 g/mol. The van der Waals surface area contributed by atoms with Gasteiger partial charge >= 0.3 is 5.97 Å². The van der Waals surface area contributed by atoms with Gasteiger partial charge in [0.25, 0.3) is 5.91 Å². The van der Waals surface area contributed by atoms with Crippen LogP contribution in [0.1, 0.15) is 28.4 Å². The van der Waals surface area contributed by atoms with Crippen molar-refractivity contribution >= 4 is 17.6 Å². The fourth-order valence-electron chi connectivity index (χ4n) is 2.36. The molecular weight excluding hydrogens is 306 g/mol. The first-order chi connectivity index (χ1) is 11.4. The van der Waals surface area contributed by atoms with E-state index < -0.39 is 18.0 Å². The molecule has 0 spiro atoms. The predicted octanol–water partition coefficient (Wildman–Crippen LogP) is 3.50. The van der Waals surface area contributed by atoms with Crippen molar-refractivity contribution in [2.24, 2.45) is 0 Å². The van der Waals surface area contributed by atoms with E-state index in [1.54, 1.807) is 36.4 Å². The van der Waals surface area contributed by atoms with Crippen molar-refractivity contribution in [3.05, 3.63) is 59.2 Å². The van der Waals surface area contributed by atoms with E-state index in [2.05, 4.69) is 5.32 Å². The number of esters is 1. The van der Waals surface area contributed by atoms with Crippen LogP contribution in [-0.4, -0.2) is 25.1 Å². The number of aryl methyl sites for hydroxylation is 2. The minimum Gasteiger partial charge on any atom is -0.495 e. The summed E-state index contributed by atoms with van der Waals surface area (Å²) in [6, 6.07) is 12.5. The number of para-hydroxylation sites is 2. The third-order valence-corrected chi connectivity index (χ3v) is 3.48. The van der Waals surface area contributed by atoms with E-state index in [1.165, 1.54) is 14.0 Å². The number of nitrogens with one attached hydrogen (secondary N) is 1. The molecule has 24 heavy (non-hydrogen) atoms. The third-order valence-electron chi connectivity index (χ3n) is 3.48. The van der Waals surface area contributed by atoms with Gasteiger partial charge in [-0.25, -0.2) is 4.79 Å². The Kier molecular flexibility index (Phi) is 5.58. The first-order valence-corrected chi connectivity index (χ1v) is 7.64. The van der Waals surface area contributed by atoms with Crippen LogP contribution in [-0.2, 0) is 9.53 Å². The highest BCUT2D eigenvalue weighted by Crippen LogP contribution is 2.23. The van der Waals surface area contributed by atoms with Gasteiger partial charge in [-0.3, -0.25) is 4.79 Å². The maximum Gasteiger partial charge on any atom is 0.338 e. The molecule has 2 aromatic rings. The Morgan fingerprint density at radius 1 is 1.04 bits per heavy atom. The summed E-state index contributed by atoms with van der Waals surface area (Å²) in [5, 5.41) is 2.70. The van der Waals surface area contributed by atoms with Gasteiger partial charge in [-0.05, 0) is 45.0 Å². The Labute approximate surface area is 141 Å². The first-order valence-electron chi connectivity index (χ1n) is 7.64. The largest absolute Gasteiger partial charge is 0.495 e. The van der Waals surface area contributed by atoms with Gasteiger partial charge in [0.05, 0.1) is 18.4 Å². The lowest BCUT2D eigenvalue weighted by atomic mass is 10.1. The van der Waals surface area contributed by atoms with Gasteiger partial charge in [0.1, 0.15) is 5.75 Å². The summed E-state index contributed by atoms with van der Waals surface area (Å²) in [6.45, 7) is 5.34. The zero-order chi connectivity index (χ0) is 17.7. The highest BCUT2D eigenvalue weighted by Gasteiger charge is 2.20. The summed E-state index contributed by atoms with van der Waals surface area (Å²) >= 11 is 0. The van der Waals surface area contributed by atoms with Gasteiger partial charge in [-0.1, -0.05) is 29.3 Å². The molecule has 0 saturated heterocycles. The highest BCUT2D eigenvalue weighted by atomic mass is 16.5. The van der Waals surface area contributed by atoms with Crippen LogP contribution in [0.25, 0.3) is 0 Å². The second-order valence-electron chi connectivity index (χ2n) is 5.61. The molecule has 1 atom stereocenters. The van der Waals surface area contributed by atoms with Crippen molar-refractivity contribution in [2.45, 2.75) is 26.9 Å². The molecule has 0 unspecified atom stereocenters. The molecule has 126 valence electrons. The van der Waals surface area contributed by atoms with E-state index in [-0.39, 0.29) is 0 Å². The van der Waals surface area contributed by atoms with Crippen LogP contribution < -0.4 is 10.1 Å². The van der Waals surface area contributed by atoms with Gasteiger partial charge in [0.15, 0.2) is 6.10 Å². The molecule has 0 aliphatic carbocycles. The summed E-state index contributed by atoms with van der Waals surface area (Å²) < 4.78 is 10.4. The van der Waals surface area contributed by atoms with E-state index in [9.17, 15) is 9.59 Å². The average Bonchev–Trinajstić information content (AvgIpc) is 2.54. The van der Waals surface area contributed by atoms with Gasteiger partial charge in [-0.2, -0.15) is 0 Å². The number of anilines is 1. The molecule has 1 amide bonds.